The van der Waals surface area contributed by atoms with E-state index in [1.807, 2.05) is 37.3 Å². The summed E-state index contributed by atoms with van der Waals surface area (Å²) in [4.78, 5) is 8.92. The average Bonchev–Trinajstić information content (AvgIpc) is 2.38. The summed E-state index contributed by atoms with van der Waals surface area (Å²) in [5.41, 5.74) is 9.51. The molecule has 0 fully saturated rings. The summed E-state index contributed by atoms with van der Waals surface area (Å²) in [5, 5.41) is 1.14. The molecule has 2 heterocycles. The summed E-state index contributed by atoms with van der Waals surface area (Å²) < 4.78 is 0. The van der Waals surface area contributed by atoms with Crippen molar-refractivity contribution in [2.75, 3.05) is 5.73 Å². The van der Waals surface area contributed by atoms with Gasteiger partial charge < -0.3 is 5.73 Å². The maximum Gasteiger partial charge on any atom is 0.123 e. The first-order valence-electron chi connectivity index (χ1n) is 5.83. The predicted octanol–water partition coefficient (Wildman–Crippen LogP) is 3.19. The van der Waals surface area contributed by atoms with Gasteiger partial charge in [0.2, 0.25) is 0 Å². The third-order valence-electron chi connectivity index (χ3n) is 2.98. The minimum atomic E-state index is 0.539. The molecule has 0 aliphatic rings. The molecule has 0 spiro atoms. The summed E-state index contributed by atoms with van der Waals surface area (Å²) in [7, 11) is 0. The summed E-state index contributed by atoms with van der Waals surface area (Å²) in [5.74, 6) is 0.539. The summed E-state index contributed by atoms with van der Waals surface area (Å²) >= 11 is 0. The number of fused-ring (bicyclic) bond motifs is 1. The van der Waals surface area contributed by atoms with Crippen LogP contribution in [0.2, 0.25) is 0 Å². The van der Waals surface area contributed by atoms with E-state index in [4.69, 9.17) is 5.73 Å². The molecule has 3 aromatic rings. The van der Waals surface area contributed by atoms with Crippen LogP contribution < -0.4 is 5.73 Å². The summed E-state index contributed by atoms with van der Waals surface area (Å²) in [6, 6.07) is 15.9. The molecule has 0 saturated heterocycles. The highest BCUT2D eigenvalue weighted by Crippen LogP contribution is 2.23. The van der Waals surface area contributed by atoms with Crippen LogP contribution in [0.15, 0.2) is 48.5 Å². The van der Waals surface area contributed by atoms with Crippen molar-refractivity contribution < 1.29 is 0 Å². The van der Waals surface area contributed by atoms with E-state index in [0.29, 0.717) is 5.82 Å². The lowest BCUT2D eigenvalue weighted by Crippen LogP contribution is -1.95. The standard InChI is InChI=1S/C15H13N3/c1-10-12(7-9-15(16)17-10)14-8-6-11-4-2-3-5-13(11)18-14/h2-9H,1H3,(H2,16,17). The second kappa shape index (κ2) is 4.11. The number of hydrogen-bond donors (Lipinski definition) is 1. The van der Waals surface area contributed by atoms with E-state index < -0.39 is 0 Å². The molecule has 1 aromatic carbocycles. The lowest BCUT2D eigenvalue weighted by atomic mass is 10.1. The van der Waals surface area contributed by atoms with Crippen molar-refractivity contribution in [3.05, 3.63) is 54.2 Å². The molecule has 3 rings (SSSR count). The number of anilines is 1. The topological polar surface area (TPSA) is 51.8 Å². The van der Waals surface area contributed by atoms with Gasteiger partial charge in [-0.15, -0.1) is 0 Å². The highest BCUT2D eigenvalue weighted by atomic mass is 14.8. The lowest BCUT2D eigenvalue weighted by molar-refractivity contribution is 1.20. The number of benzene rings is 1. The molecule has 2 N–H and O–H groups in total. The zero-order valence-corrected chi connectivity index (χ0v) is 10.1. The second-order valence-electron chi connectivity index (χ2n) is 4.26. The van der Waals surface area contributed by atoms with Crippen molar-refractivity contribution in [1.29, 1.82) is 0 Å². The maximum absolute atomic E-state index is 5.66. The molecule has 0 unspecified atom stereocenters. The molecule has 3 nitrogen and oxygen atoms in total. The molecule has 88 valence electrons. The van der Waals surface area contributed by atoms with Crippen molar-refractivity contribution in [2.24, 2.45) is 0 Å². The molecule has 0 aliphatic heterocycles. The van der Waals surface area contributed by atoms with Crippen LogP contribution >= 0.6 is 0 Å². The van der Waals surface area contributed by atoms with E-state index in [9.17, 15) is 0 Å². The first kappa shape index (κ1) is 10.7. The van der Waals surface area contributed by atoms with Crippen LogP contribution in [-0.4, -0.2) is 9.97 Å². The average molecular weight is 235 g/mol. The Labute approximate surface area is 105 Å². The lowest BCUT2D eigenvalue weighted by Gasteiger charge is -2.06. The molecule has 2 aromatic heterocycles. The number of para-hydroxylation sites is 1. The van der Waals surface area contributed by atoms with Gasteiger partial charge in [0.05, 0.1) is 11.2 Å². The first-order valence-corrected chi connectivity index (χ1v) is 5.83. The highest BCUT2D eigenvalue weighted by molar-refractivity contribution is 5.81. The molecule has 0 atom stereocenters. The Morgan fingerprint density at radius 2 is 1.72 bits per heavy atom. The number of nitrogens with zero attached hydrogens (tertiary/aromatic N) is 2. The number of aryl methyl sites for hydroxylation is 1. The van der Waals surface area contributed by atoms with Gasteiger partial charge in [0.1, 0.15) is 5.82 Å². The summed E-state index contributed by atoms with van der Waals surface area (Å²) in [6.45, 7) is 1.95. The quantitative estimate of drug-likeness (QED) is 0.704. The van der Waals surface area contributed by atoms with Gasteiger partial charge in [0, 0.05) is 16.6 Å². The largest absolute Gasteiger partial charge is 0.384 e. The smallest absolute Gasteiger partial charge is 0.123 e. The maximum atomic E-state index is 5.66. The minimum Gasteiger partial charge on any atom is -0.384 e. The predicted molar refractivity (Wildman–Crippen MR) is 74.1 cm³/mol. The summed E-state index contributed by atoms with van der Waals surface area (Å²) in [6.07, 6.45) is 0. The Morgan fingerprint density at radius 1 is 0.889 bits per heavy atom. The molecule has 18 heavy (non-hydrogen) atoms. The van der Waals surface area contributed by atoms with Crippen LogP contribution in [0, 0.1) is 6.92 Å². The number of nitrogens with two attached hydrogens (primary N) is 1. The number of hydrogen-bond acceptors (Lipinski definition) is 3. The molecule has 3 heteroatoms. The Balaban J connectivity index is 2.19. The van der Waals surface area contributed by atoms with Crippen LogP contribution in [-0.2, 0) is 0 Å². The van der Waals surface area contributed by atoms with Crippen LogP contribution in [0.3, 0.4) is 0 Å². The Hall–Kier alpha value is -2.42. The van der Waals surface area contributed by atoms with Crippen molar-refractivity contribution in [3.8, 4) is 11.3 Å². The van der Waals surface area contributed by atoms with Gasteiger partial charge in [-0.05, 0) is 31.2 Å². The minimum absolute atomic E-state index is 0.539. The number of pyridine rings is 2. The molecule has 0 amide bonds. The van der Waals surface area contributed by atoms with Crippen molar-refractivity contribution in [3.63, 3.8) is 0 Å². The van der Waals surface area contributed by atoms with E-state index in [1.165, 1.54) is 0 Å². The number of rotatable bonds is 1. The van der Waals surface area contributed by atoms with Crippen LogP contribution in [0.1, 0.15) is 5.69 Å². The third kappa shape index (κ3) is 1.80. The Bertz CT molecular complexity index is 720. The van der Waals surface area contributed by atoms with Crippen LogP contribution in [0.25, 0.3) is 22.2 Å². The van der Waals surface area contributed by atoms with E-state index in [-0.39, 0.29) is 0 Å². The van der Waals surface area contributed by atoms with Gasteiger partial charge in [-0.1, -0.05) is 24.3 Å². The first-order chi connectivity index (χ1) is 8.74. The molecule has 0 radical (unpaired) electrons. The molecular formula is C15H13N3. The van der Waals surface area contributed by atoms with Gasteiger partial charge in [0.15, 0.2) is 0 Å². The van der Waals surface area contributed by atoms with Crippen molar-refractivity contribution in [2.45, 2.75) is 6.92 Å². The second-order valence-corrected chi connectivity index (χ2v) is 4.26. The molecule has 0 aliphatic carbocycles. The number of nitrogen functional groups attached to an aromatic ring is 1. The normalized spacial score (nSPS) is 10.7. The van der Waals surface area contributed by atoms with Crippen molar-refractivity contribution >= 4 is 16.7 Å². The van der Waals surface area contributed by atoms with E-state index in [2.05, 4.69) is 22.1 Å². The fourth-order valence-electron chi connectivity index (χ4n) is 2.07. The van der Waals surface area contributed by atoms with Crippen LogP contribution in [0.4, 0.5) is 5.82 Å². The highest BCUT2D eigenvalue weighted by Gasteiger charge is 2.05. The number of aromatic nitrogens is 2. The molecular weight excluding hydrogens is 222 g/mol. The Kier molecular flexibility index (Phi) is 2.45. The molecule has 0 saturated carbocycles. The third-order valence-corrected chi connectivity index (χ3v) is 2.98. The fourth-order valence-corrected chi connectivity index (χ4v) is 2.07. The van der Waals surface area contributed by atoms with Crippen molar-refractivity contribution in [1.82, 2.24) is 9.97 Å². The fraction of sp³-hybridized carbons (Fsp3) is 0.0667. The molecule has 0 bridgehead atoms. The van der Waals surface area contributed by atoms with Gasteiger partial charge in [0.25, 0.3) is 0 Å². The van der Waals surface area contributed by atoms with Gasteiger partial charge >= 0.3 is 0 Å². The van der Waals surface area contributed by atoms with E-state index in [0.717, 1.165) is 27.9 Å². The Morgan fingerprint density at radius 3 is 2.56 bits per heavy atom. The zero-order valence-electron chi connectivity index (χ0n) is 10.1. The SMILES string of the molecule is Cc1nc(N)ccc1-c1ccc2ccccc2n1. The van der Waals surface area contributed by atoms with E-state index in [1.54, 1.807) is 6.07 Å². The van der Waals surface area contributed by atoms with Crippen LogP contribution in [0.5, 0.6) is 0 Å². The van der Waals surface area contributed by atoms with Gasteiger partial charge in [-0.3, -0.25) is 0 Å². The zero-order chi connectivity index (χ0) is 12.5. The van der Waals surface area contributed by atoms with Gasteiger partial charge in [-0.2, -0.15) is 0 Å². The monoisotopic (exact) mass is 235 g/mol. The van der Waals surface area contributed by atoms with Gasteiger partial charge in [-0.25, -0.2) is 9.97 Å². The van der Waals surface area contributed by atoms with E-state index >= 15 is 0 Å².